The predicted octanol–water partition coefficient (Wildman–Crippen LogP) is 3.39. The topological polar surface area (TPSA) is 41.3 Å². The predicted molar refractivity (Wildman–Crippen MR) is 91.3 cm³/mol. The number of nitrogens with one attached hydrogen (secondary N) is 1. The molecule has 0 saturated carbocycles. The highest BCUT2D eigenvalue weighted by Gasteiger charge is 2.03. The lowest BCUT2D eigenvalue weighted by Crippen LogP contribution is -2.30. The van der Waals surface area contributed by atoms with Crippen LogP contribution >= 0.6 is 0 Å². The van der Waals surface area contributed by atoms with Gasteiger partial charge in [-0.3, -0.25) is 0 Å². The molecule has 0 amide bonds. The molecule has 0 bridgehead atoms. The largest absolute Gasteiger partial charge is 0.330 e. The van der Waals surface area contributed by atoms with E-state index in [-0.39, 0.29) is 0 Å². The Morgan fingerprint density at radius 2 is 1.25 bits per heavy atom. The molecule has 0 unspecified atom stereocenters. The standard InChI is InChI=1S/C17H39N3/c1-3-5-9-15-20(16-10-6-4-2)17-11-14-19-13-8-7-12-18/h19H,3-18H2,1-2H3. The maximum atomic E-state index is 5.49. The molecule has 3 nitrogen and oxygen atoms in total. The normalized spacial score (nSPS) is 11.4. The summed E-state index contributed by atoms with van der Waals surface area (Å²) in [6.45, 7) is 11.5. The van der Waals surface area contributed by atoms with Crippen molar-refractivity contribution in [1.29, 1.82) is 0 Å². The van der Waals surface area contributed by atoms with Gasteiger partial charge in [-0.1, -0.05) is 39.5 Å². The average Bonchev–Trinajstić information content (AvgIpc) is 2.46. The molecular formula is C17H39N3. The van der Waals surface area contributed by atoms with Crippen LogP contribution in [0.2, 0.25) is 0 Å². The van der Waals surface area contributed by atoms with Crippen molar-refractivity contribution in [1.82, 2.24) is 10.2 Å². The van der Waals surface area contributed by atoms with Crippen molar-refractivity contribution in [3.63, 3.8) is 0 Å². The van der Waals surface area contributed by atoms with E-state index in [9.17, 15) is 0 Å². The third-order valence-electron chi connectivity index (χ3n) is 3.79. The summed E-state index contributed by atoms with van der Waals surface area (Å²) in [6.07, 6.45) is 11.8. The SMILES string of the molecule is CCCCCN(CCCCC)CCCNCCCCN. The van der Waals surface area contributed by atoms with E-state index in [1.807, 2.05) is 0 Å². The molecule has 0 aromatic heterocycles. The Morgan fingerprint density at radius 1 is 0.700 bits per heavy atom. The molecular weight excluding hydrogens is 246 g/mol. The first-order valence-corrected chi connectivity index (χ1v) is 8.98. The van der Waals surface area contributed by atoms with Crippen LogP contribution in [0.4, 0.5) is 0 Å². The Bertz CT molecular complexity index is 164. The van der Waals surface area contributed by atoms with Crippen molar-refractivity contribution in [2.24, 2.45) is 5.73 Å². The van der Waals surface area contributed by atoms with Gasteiger partial charge in [-0.2, -0.15) is 0 Å². The van der Waals surface area contributed by atoms with Gasteiger partial charge in [0, 0.05) is 0 Å². The second kappa shape index (κ2) is 16.9. The molecule has 0 aromatic rings. The monoisotopic (exact) mass is 285 g/mol. The van der Waals surface area contributed by atoms with Gasteiger partial charge in [0.15, 0.2) is 0 Å². The summed E-state index contributed by atoms with van der Waals surface area (Å²) in [5.74, 6) is 0. The molecule has 122 valence electrons. The summed E-state index contributed by atoms with van der Waals surface area (Å²) in [6, 6.07) is 0. The third kappa shape index (κ3) is 14.3. The number of unbranched alkanes of at least 4 members (excludes halogenated alkanes) is 5. The summed E-state index contributed by atoms with van der Waals surface area (Å²) in [5.41, 5.74) is 5.49. The lowest BCUT2D eigenvalue weighted by atomic mass is 10.2. The zero-order chi connectivity index (χ0) is 14.9. The molecule has 0 aliphatic rings. The molecule has 0 atom stereocenters. The Balaban J connectivity index is 3.56. The Morgan fingerprint density at radius 3 is 1.80 bits per heavy atom. The van der Waals surface area contributed by atoms with Gasteiger partial charge in [0.2, 0.25) is 0 Å². The van der Waals surface area contributed by atoms with Crippen LogP contribution in [0, 0.1) is 0 Å². The van der Waals surface area contributed by atoms with Crippen molar-refractivity contribution in [2.75, 3.05) is 39.3 Å². The van der Waals surface area contributed by atoms with Crippen LogP contribution < -0.4 is 11.1 Å². The average molecular weight is 286 g/mol. The summed E-state index contributed by atoms with van der Waals surface area (Å²) < 4.78 is 0. The molecule has 0 rings (SSSR count). The molecule has 3 heteroatoms. The molecule has 20 heavy (non-hydrogen) atoms. The zero-order valence-electron chi connectivity index (χ0n) is 14.1. The van der Waals surface area contributed by atoms with Gasteiger partial charge in [-0.05, 0) is 71.4 Å². The summed E-state index contributed by atoms with van der Waals surface area (Å²) >= 11 is 0. The van der Waals surface area contributed by atoms with E-state index in [2.05, 4.69) is 24.1 Å². The summed E-state index contributed by atoms with van der Waals surface area (Å²) in [5, 5.41) is 3.53. The lowest BCUT2D eigenvalue weighted by molar-refractivity contribution is 0.258. The molecule has 0 aliphatic heterocycles. The van der Waals surface area contributed by atoms with Gasteiger partial charge in [-0.25, -0.2) is 0 Å². The highest BCUT2D eigenvalue weighted by molar-refractivity contribution is 4.60. The molecule has 0 saturated heterocycles. The first kappa shape index (κ1) is 19.9. The van der Waals surface area contributed by atoms with Crippen LogP contribution in [0.3, 0.4) is 0 Å². The number of hydrogen-bond acceptors (Lipinski definition) is 3. The van der Waals surface area contributed by atoms with Gasteiger partial charge in [0.25, 0.3) is 0 Å². The molecule has 0 spiro atoms. The van der Waals surface area contributed by atoms with Crippen molar-refractivity contribution < 1.29 is 0 Å². The van der Waals surface area contributed by atoms with E-state index >= 15 is 0 Å². The van der Waals surface area contributed by atoms with Crippen LogP contribution in [-0.2, 0) is 0 Å². The number of hydrogen-bond donors (Lipinski definition) is 2. The van der Waals surface area contributed by atoms with Crippen molar-refractivity contribution in [3.05, 3.63) is 0 Å². The van der Waals surface area contributed by atoms with Crippen LogP contribution in [0.25, 0.3) is 0 Å². The minimum atomic E-state index is 0.824. The van der Waals surface area contributed by atoms with E-state index in [4.69, 9.17) is 5.73 Å². The maximum absolute atomic E-state index is 5.49. The van der Waals surface area contributed by atoms with E-state index in [1.165, 1.54) is 71.0 Å². The highest BCUT2D eigenvalue weighted by Crippen LogP contribution is 2.03. The third-order valence-corrected chi connectivity index (χ3v) is 3.79. The van der Waals surface area contributed by atoms with Crippen LogP contribution in [0.5, 0.6) is 0 Å². The van der Waals surface area contributed by atoms with Crippen molar-refractivity contribution in [2.45, 2.75) is 71.6 Å². The second-order valence-electron chi connectivity index (χ2n) is 5.86. The quantitative estimate of drug-likeness (QED) is 0.427. The van der Waals surface area contributed by atoms with Crippen LogP contribution in [-0.4, -0.2) is 44.2 Å². The molecule has 3 N–H and O–H groups in total. The maximum Gasteiger partial charge on any atom is -0.000664 e. The summed E-state index contributed by atoms with van der Waals surface area (Å²) in [4.78, 5) is 2.67. The lowest BCUT2D eigenvalue weighted by Gasteiger charge is -2.22. The van der Waals surface area contributed by atoms with Crippen molar-refractivity contribution in [3.8, 4) is 0 Å². The molecule has 0 aromatic carbocycles. The highest BCUT2D eigenvalue weighted by atomic mass is 15.1. The fraction of sp³-hybridized carbons (Fsp3) is 1.00. The Hall–Kier alpha value is -0.120. The van der Waals surface area contributed by atoms with E-state index in [0.717, 1.165) is 26.1 Å². The van der Waals surface area contributed by atoms with Crippen LogP contribution in [0.15, 0.2) is 0 Å². The van der Waals surface area contributed by atoms with Gasteiger partial charge in [-0.15, -0.1) is 0 Å². The van der Waals surface area contributed by atoms with E-state index in [1.54, 1.807) is 0 Å². The Labute approximate surface area is 127 Å². The van der Waals surface area contributed by atoms with Gasteiger partial charge < -0.3 is 16.0 Å². The van der Waals surface area contributed by atoms with Gasteiger partial charge in [0.05, 0.1) is 0 Å². The minimum absolute atomic E-state index is 0.824. The summed E-state index contributed by atoms with van der Waals surface area (Å²) in [7, 11) is 0. The second-order valence-corrected chi connectivity index (χ2v) is 5.86. The smallest absolute Gasteiger partial charge is 0.000664 e. The first-order valence-electron chi connectivity index (χ1n) is 8.98. The minimum Gasteiger partial charge on any atom is -0.330 e. The van der Waals surface area contributed by atoms with Gasteiger partial charge >= 0.3 is 0 Å². The zero-order valence-corrected chi connectivity index (χ0v) is 14.1. The molecule has 0 fully saturated rings. The number of rotatable bonds is 16. The molecule has 0 heterocycles. The number of nitrogens with two attached hydrogens (primary N) is 1. The van der Waals surface area contributed by atoms with Crippen molar-refractivity contribution >= 4 is 0 Å². The first-order chi connectivity index (χ1) is 9.85. The number of nitrogens with zero attached hydrogens (tertiary/aromatic N) is 1. The van der Waals surface area contributed by atoms with E-state index < -0.39 is 0 Å². The van der Waals surface area contributed by atoms with Gasteiger partial charge in [0.1, 0.15) is 0 Å². The fourth-order valence-corrected chi connectivity index (χ4v) is 2.45. The molecule has 0 aliphatic carbocycles. The fourth-order valence-electron chi connectivity index (χ4n) is 2.45. The Kier molecular flexibility index (Phi) is 16.8. The molecule has 0 radical (unpaired) electrons. The van der Waals surface area contributed by atoms with Crippen LogP contribution in [0.1, 0.15) is 71.6 Å². The van der Waals surface area contributed by atoms with E-state index in [0.29, 0.717) is 0 Å².